The Labute approximate surface area is 229 Å². The molecule has 0 aliphatic heterocycles. The van der Waals surface area contributed by atoms with E-state index in [4.69, 9.17) is 9.15 Å². The molecule has 0 fully saturated rings. The number of ether oxygens (including phenoxy) is 1. The van der Waals surface area contributed by atoms with Gasteiger partial charge in [0.15, 0.2) is 5.78 Å². The van der Waals surface area contributed by atoms with Crippen LogP contribution in [0.25, 0.3) is 11.0 Å². The highest BCUT2D eigenvalue weighted by atomic mass is 16.5. The van der Waals surface area contributed by atoms with Gasteiger partial charge in [-0.3, -0.25) is 4.79 Å². The van der Waals surface area contributed by atoms with Crippen LogP contribution < -0.4 is 15.7 Å². The van der Waals surface area contributed by atoms with E-state index in [9.17, 15) is 14.7 Å². The number of carbonyl (C=O) groups is 1. The van der Waals surface area contributed by atoms with Gasteiger partial charge >= 0.3 is 5.63 Å². The molecule has 202 valence electrons. The molecule has 0 unspecified atom stereocenters. The number of phenols is 1. The Morgan fingerprint density at radius 2 is 1.82 bits per heavy atom. The van der Waals surface area contributed by atoms with Gasteiger partial charge in [-0.25, -0.2) is 4.79 Å². The van der Waals surface area contributed by atoms with E-state index in [2.05, 4.69) is 17.4 Å². The Kier molecular flexibility index (Phi) is 9.34. The van der Waals surface area contributed by atoms with Gasteiger partial charge in [0.25, 0.3) is 0 Å². The zero-order valence-electron chi connectivity index (χ0n) is 22.8. The lowest BCUT2D eigenvalue weighted by molar-refractivity contribution is 0.0992. The van der Waals surface area contributed by atoms with Gasteiger partial charge < -0.3 is 19.6 Å². The predicted octanol–water partition coefficient (Wildman–Crippen LogP) is 6.30. The summed E-state index contributed by atoms with van der Waals surface area (Å²) in [7, 11) is 0. The molecular weight excluding hydrogens is 490 g/mol. The molecule has 39 heavy (non-hydrogen) atoms. The Bertz CT molecular complexity index is 1530. The number of hydrogen-bond acceptors (Lipinski definition) is 6. The van der Waals surface area contributed by atoms with E-state index in [1.165, 1.54) is 11.6 Å². The van der Waals surface area contributed by atoms with E-state index < -0.39 is 5.63 Å². The second kappa shape index (κ2) is 13.1. The summed E-state index contributed by atoms with van der Waals surface area (Å²) in [6, 6.07) is 20.5. The van der Waals surface area contributed by atoms with Crippen molar-refractivity contribution in [2.75, 3.05) is 13.2 Å². The van der Waals surface area contributed by atoms with Crippen LogP contribution in [0.4, 0.5) is 0 Å². The number of ketones is 1. The fourth-order valence-corrected chi connectivity index (χ4v) is 4.35. The first kappa shape index (κ1) is 27.9. The number of nitrogens with one attached hydrogen (secondary N) is 1. The maximum absolute atomic E-state index is 13.0. The highest BCUT2D eigenvalue weighted by molar-refractivity contribution is 5.98. The van der Waals surface area contributed by atoms with Crippen molar-refractivity contribution in [1.29, 1.82) is 0 Å². The third-order valence-electron chi connectivity index (χ3n) is 6.58. The molecule has 6 heteroatoms. The maximum Gasteiger partial charge on any atom is 0.339 e. The van der Waals surface area contributed by atoms with Crippen molar-refractivity contribution in [3.63, 3.8) is 0 Å². The van der Waals surface area contributed by atoms with Gasteiger partial charge in [0.1, 0.15) is 17.1 Å². The molecule has 0 saturated heterocycles. The minimum atomic E-state index is -0.537. The Morgan fingerprint density at radius 1 is 1.03 bits per heavy atom. The largest absolute Gasteiger partial charge is 0.508 e. The summed E-state index contributed by atoms with van der Waals surface area (Å²) in [4.78, 5) is 25.8. The lowest BCUT2D eigenvalue weighted by Gasteiger charge is -2.12. The average molecular weight is 526 g/mol. The van der Waals surface area contributed by atoms with Crippen molar-refractivity contribution < 1.29 is 19.1 Å². The van der Waals surface area contributed by atoms with E-state index in [0.29, 0.717) is 41.1 Å². The third kappa shape index (κ3) is 7.45. The molecule has 2 N–H and O–H groups in total. The SMILES string of the molecule is CC(C)=CCc1cc(C(=O)Cc2cc3ccc(OCCCNCc4ccccc4)c(C)c3oc2=O)ccc1O. The number of allylic oxidation sites excluding steroid dienone is 2. The first-order valence-electron chi connectivity index (χ1n) is 13.2. The van der Waals surface area contributed by atoms with Gasteiger partial charge in [-0.1, -0.05) is 42.0 Å². The fraction of sp³-hybridized carbons (Fsp3) is 0.273. The number of aryl methyl sites for hydroxylation is 1. The van der Waals surface area contributed by atoms with Gasteiger partial charge in [0.05, 0.1) is 6.61 Å². The monoisotopic (exact) mass is 525 g/mol. The molecule has 4 rings (SSSR count). The Balaban J connectivity index is 1.39. The summed E-state index contributed by atoms with van der Waals surface area (Å²) in [5.41, 5.74) is 4.46. The van der Waals surface area contributed by atoms with Crippen molar-refractivity contribution in [2.24, 2.45) is 0 Å². The number of rotatable bonds is 12. The van der Waals surface area contributed by atoms with E-state index in [1.54, 1.807) is 18.2 Å². The molecule has 0 spiro atoms. The van der Waals surface area contributed by atoms with Crippen LogP contribution in [0.5, 0.6) is 11.5 Å². The lowest BCUT2D eigenvalue weighted by Crippen LogP contribution is -2.17. The molecule has 0 aliphatic carbocycles. The van der Waals surface area contributed by atoms with E-state index in [1.807, 2.05) is 57.2 Å². The van der Waals surface area contributed by atoms with Gasteiger partial charge in [0, 0.05) is 35.0 Å². The van der Waals surface area contributed by atoms with Crippen LogP contribution in [0.15, 0.2) is 87.6 Å². The zero-order valence-corrected chi connectivity index (χ0v) is 22.8. The number of hydrogen-bond donors (Lipinski definition) is 2. The van der Waals surface area contributed by atoms with Crippen LogP contribution in [0.3, 0.4) is 0 Å². The molecular formula is C33H35NO5. The molecule has 0 saturated carbocycles. The summed E-state index contributed by atoms with van der Waals surface area (Å²) in [5.74, 6) is 0.606. The number of phenolic OH excluding ortho intramolecular Hbond substituents is 1. The fourth-order valence-electron chi connectivity index (χ4n) is 4.35. The second-order valence-electron chi connectivity index (χ2n) is 9.96. The van der Waals surface area contributed by atoms with Crippen molar-refractivity contribution in [3.8, 4) is 11.5 Å². The molecule has 1 aromatic heterocycles. The molecule has 0 amide bonds. The number of Topliss-reactive ketones (excluding diaryl/α,β-unsaturated/α-hetero) is 1. The lowest BCUT2D eigenvalue weighted by atomic mass is 9.99. The van der Waals surface area contributed by atoms with Crippen LogP contribution in [0.1, 0.15) is 52.9 Å². The summed E-state index contributed by atoms with van der Waals surface area (Å²) in [5, 5.41) is 14.3. The maximum atomic E-state index is 13.0. The minimum absolute atomic E-state index is 0.0849. The van der Waals surface area contributed by atoms with E-state index in [-0.39, 0.29) is 18.0 Å². The molecule has 0 bridgehead atoms. The Hall–Kier alpha value is -4.16. The summed E-state index contributed by atoms with van der Waals surface area (Å²) < 4.78 is 11.6. The van der Waals surface area contributed by atoms with Crippen LogP contribution in [0, 0.1) is 6.92 Å². The summed E-state index contributed by atoms with van der Waals surface area (Å²) in [6.07, 6.45) is 3.27. The number of benzene rings is 3. The van der Waals surface area contributed by atoms with Crippen molar-refractivity contribution in [2.45, 2.75) is 46.6 Å². The third-order valence-corrected chi connectivity index (χ3v) is 6.58. The second-order valence-corrected chi connectivity index (χ2v) is 9.96. The van der Waals surface area contributed by atoms with Gasteiger partial charge in [-0.15, -0.1) is 0 Å². The summed E-state index contributed by atoms with van der Waals surface area (Å²) >= 11 is 0. The smallest absolute Gasteiger partial charge is 0.339 e. The van der Waals surface area contributed by atoms with Gasteiger partial charge in [-0.05, 0) is 87.7 Å². The van der Waals surface area contributed by atoms with Crippen molar-refractivity contribution >= 4 is 16.8 Å². The van der Waals surface area contributed by atoms with E-state index >= 15 is 0 Å². The van der Waals surface area contributed by atoms with Crippen molar-refractivity contribution in [3.05, 3.63) is 117 Å². The predicted molar refractivity (Wildman–Crippen MR) is 155 cm³/mol. The Morgan fingerprint density at radius 3 is 2.59 bits per heavy atom. The van der Waals surface area contributed by atoms with Crippen molar-refractivity contribution in [1.82, 2.24) is 5.32 Å². The van der Waals surface area contributed by atoms with Crippen LogP contribution in [-0.4, -0.2) is 24.0 Å². The molecule has 1 heterocycles. The normalized spacial score (nSPS) is 10.9. The average Bonchev–Trinajstić information content (AvgIpc) is 2.92. The number of carbonyl (C=O) groups excluding carboxylic acids is 1. The molecule has 0 radical (unpaired) electrons. The first-order chi connectivity index (χ1) is 18.8. The number of aromatic hydroxyl groups is 1. The highest BCUT2D eigenvalue weighted by Gasteiger charge is 2.16. The number of fused-ring (bicyclic) bond motifs is 1. The van der Waals surface area contributed by atoms with Crippen LogP contribution >= 0.6 is 0 Å². The quantitative estimate of drug-likeness (QED) is 0.0977. The standard InChI is InChI=1S/C33H35NO5/c1-22(2)10-11-25-18-26(12-14-29(25)35)30(36)20-28-19-27-13-15-31(23(3)32(27)39-33(28)37)38-17-7-16-34-21-24-8-5-4-6-9-24/h4-6,8-10,12-15,18-19,34-35H,7,11,16-17,20-21H2,1-3H3. The molecule has 6 nitrogen and oxygen atoms in total. The molecule has 3 aromatic carbocycles. The van der Waals surface area contributed by atoms with Gasteiger partial charge in [0.2, 0.25) is 0 Å². The van der Waals surface area contributed by atoms with Crippen LogP contribution in [-0.2, 0) is 19.4 Å². The minimum Gasteiger partial charge on any atom is -0.508 e. The molecule has 0 atom stereocenters. The first-order valence-corrected chi connectivity index (χ1v) is 13.2. The highest BCUT2D eigenvalue weighted by Crippen LogP contribution is 2.27. The molecule has 0 aliphatic rings. The topological polar surface area (TPSA) is 88.8 Å². The molecule has 4 aromatic rings. The van der Waals surface area contributed by atoms with Gasteiger partial charge in [-0.2, -0.15) is 0 Å². The van der Waals surface area contributed by atoms with E-state index in [0.717, 1.165) is 36.0 Å². The zero-order chi connectivity index (χ0) is 27.8. The summed E-state index contributed by atoms with van der Waals surface area (Å²) in [6.45, 7) is 8.00. The van der Waals surface area contributed by atoms with Crippen LogP contribution in [0.2, 0.25) is 0 Å².